The van der Waals surface area contributed by atoms with Crippen molar-refractivity contribution in [3.8, 4) is 0 Å². The highest BCUT2D eigenvalue weighted by molar-refractivity contribution is 7.16. The number of hydrogen-bond acceptors (Lipinski definition) is 5. The zero-order valence-electron chi connectivity index (χ0n) is 11.3. The molecule has 1 aliphatic carbocycles. The SMILES string of the molecule is CN(Cc1ccc(Cl)s1)c1cnc(CNC2CC2)cn1. The quantitative estimate of drug-likeness (QED) is 0.890. The van der Waals surface area contributed by atoms with Crippen LogP contribution >= 0.6 is 22.9 Å². The average Bonchev–Trinajstić information content (AvgIpc) is 3.20. The molecule has 2 aromatic heterocycles. The minimum absolute atomic E-state index is 0.697. The Morgan fingerprint density at radius 1 is 1.35 bits per heavy atom. The average molecular weight is 309 g/mol. The molecule has 1 aliphatic rings. The topological polar surface area (TPSA) is 41.1 Å². The third kappa shape index (κ3) is 3.69. The fourth-order valence-corrected chi connectivity index (χ4v) is 3.07. The van der Waals surface area contributed by atoms with E-state index in [1.165, 1.54) is 17.7 Å². The van der Waals surface area contributed by atoms with E-state index in [1.54, 1.807) is 11.3 Å². The van der Waals surface area contributed by atoms with Crippen LogP contribution in [0.25, 0.3) is 0 Å². The lowest BCUT2D eigenvalue weighted by Gasteiger charge is -2.16. The van der Waals surface area contributed by atoms with E-state index < -0.39 is 0 Å². The standard InChI is InChI=1S/C14H17ClN4S/c1-19(9-12-4-5-13(15)20-12)14-8-17-11(7-18-14)6-16-10-2-3-10/h4-5,7-8,10,16H,2-3,6,9H2,1H3. The molecule has 3 rings (SSSR count). The fourth-order valence-electron chi connectivity index (χ4n) is 1.92. The predicted molar refractivity (Wildman–Crippen MR) is 83.3 cm³/mol. The lowest BCUT2D eigenvalue weighted by Crippen LogP contribution is -2.19. The van der Waals surface area contributed by atoms with Crippen LogP contribution in [-0.4, -0.2) is 23.1 Å². The van der Waals surface area contributed by atoms with Gasteiger partial charge < -0.3 is 10.2 Å². The number of halogens is 1. The Morgan fingerprint density at radius 2 is 2.20 bits per heavy atom. The molecule has 1 N–H and O–H groups in total. The van der Waals surface area contributed by atoms with Crippen molar-refractivity contribution in [1.29, 1.82) is 0 Å². The van der Waals surface area contributed by atoms with E-state index in [1.807, 2.05) is 31.6 Å². The molecule has 0 amide bonds. The Labute approximate surface area is 127 Å². The summed E-state index contributed by atoms with van der Waals surface area (Å²) in [6.45, 7) is 1.61. The second-order valence-corrected chi connectivity index (χ2v) is 6.88. The molecule has 0 radical (unpaired) electrons. The molecule has 0 aromatic carbocycles. The summed E-state index contributed by atoms with van der Waals surface area (Å²) in [5, 5.41) is 3.44. The van der Waals surface area contributed by atoms with Crippen molar-refractivity contribution in [2.24, 2.45) is 0 Å². The highest BCUT2D eigenvalue weighted by Crippen LogP contribution is 2.23. The van der Waals surface area contributed by atoms with Gasteiger partial charge in [0, 0.05) is 24.5 Å². The number of nitrogens with one attached hydrogen (secondary N) is 1. The maximum atomic E-state index is 5.94. The van der Waals surface area contributed by atoms with Crippen LogP contribution in [0.5, 0.6) is 0 Å². The van der Waals surface area contributed by atoms with Crippen LogP contribution in [-0.2, 0) is 13.1 Å². The molecule has 106 valence electrons. The summed E-state index contributed by atoms with van der Waals surface area (Å²) < 4.78 is 0.820. The molecular weight excluding hydrogens is 292 g/mol. The molecule has 0 bridgehead atoms. The summed E-state index contributed by atoms with van der Waals surface area (Å²) >= 11 is 7.54. The first-order chi connectivity index (χ1) is 9.70. The van der Waals surface area contributed by atoms with E-state index in [0.717, 1.165) is 28.9 Å². The molecule has 20 heavy (non-hydrogen) atoms. The van der Waals surface area contributed by atoms with Crippen LogP contribution in [0.15, 0.2) is 24.5 Å². The number of rotatable bonds is 6. The van der Waals surface area contributed by atoms with E-state index in [4.69, 9.17) is 11.6 Å². The molecule has 0 spiro atoms. The van der Waals surface area contributed by atoms with Crippen molar-refractivity contribution in [3.63, 3.8) is 0 Å². The molecule has 0 saturated heterocycles. The van der Waals surface area contributed by atoms with Gasteiger partial charge in [-0.2, -0.15) is 0 Å². The molecular formula is C14H17ClN4S. The molecule has 4 nitrogen and oxygen atoms in total. The van der Waals surface area contributed by atoms with Crippen molar-refractivity contribution in [2.45, 2.75) is 32.0 Å². The zero-order chi connectivity index (χ0) is 13.9. The van der Waals surface area contributed by atoms with Gasteiger partial charge in [0.2, 0.25) is 0 Å². The summed E-state index contributed by atoms with van der Waals surface area (Å²) in [6.07, 6.45) is 6.26. The Morgan fingerprint density at radius 3 is 2.80 bits per heavy atom. The summed E-state index contributed by atoms with van der Waals surface area (Å²) in [7, 11) is 2.01. The van der Waals surface area contributed by atoms with Gasteiger partial charge >= 0.3 is 0 Å². The van der Waals surface area contributed by atoms with Gasteiger partial charge in [-0.3, -0.25) is 4.98 Å². The Hall–Kier alpha value is -1.17. The van der Waals surface area contributed by atoms with E-state index >= 15 is 0 Å². The number of nitrogens with zero attached hydrogens (tertiary/aromatic N) is 3. The Kier molecular flexibility index (Phi) is 4.19. The van der Waals surface area contributed by atoms with Crippen LogP contribution in [0.3, 0.4) is 0 Å². The first-order valence-electron chi connectivity index (χ1n) is 6.70. The van der Waals surface area contributed by atoms with Crippen molar-refractivity contribution in [1.82, 2.24) is 15.3 Å². The zero-order valence-corrected chi connectivity index (χ0v) is 12.9. The molecule has 0 unspecified atom stereocenters. The first-order valence-corrected chi connectivity index (χ1v) is 7.90. The van der Waals surface area contributed by atoms with E-state index in [-0.39, 0.29) is 0 Å². The number of aromatic nitrogens is 2. The van der Waals surface area contributed by atoms with Crippen LogP contribution in [0.1, 0.15) is 23.4 Å². The number of hydrogen-bond donors (Lipinski definition) is 1. The number of thiophene rings is 1. The molecule has 0 aliphatic heterocycles. The molecule has 0 atom stereocenters. The normalized spacial score (nSPS) is 14.5. The largest absolute Gasteiger partial charge is 0.353 e. The fraction of sp³-hybridized carbons (Fsp3) is 0.429. The van der Waals surface area contributed by atoms with Crippen LogP contribution in [0.4, 0.5) is 5.82 Å². The Bertz CT molecular complexity index is 565. The van der Waals surface area contributed by atoms with Gasteiger partial charge in [-0.05, 0) is 25.0 Å². The molecule has 1 saturated carbocycles. The molecule has 2 heterocycles. The van der Waals surface area contributed by atoms with Crippen molar-refractivity contribution >= 4 is 28.8 Å². The molecule has 6 heteroatoms. The monoisotopic (exact) mass is 308 g/mol. The van der Waals surface area contributed by atoms with Gasteiger partial charge in [0.15, 0.2) is 0 Å². The predicted octanol–water partition coefficient (Wildman–Crippen LogP) is 3.08. The van der Waals surface area contributed by atoms with Gasteiger partial charge in [-0.1, -0.05) is 11.6 Å². The second kappa shape index (κ2) is 6.08. The van der Waals surface area contributed by atoms with Crippen molar-refractivity contribution < 1.29 is 0 Å². The summed E-state index contributed by atoms with van der Waals surface area (Å²) in [5.74, 6) is 0.879. The van der Waals surface area contributed by atoms with Crippen LogP contribution < -0.4 is 10.2 Å². The lowest BCUT2D eigenvalue weighted by molar-refractivity contribution is 0.671. The molecule has 1 fully saturated rings. The van der Waals surface area contributed by atoms with Gasteiger partial charge in [0.25, 0.3) is 0 Å². The van der Waals surface area contributed by atoms with Crippen LogP contribution in [0, 0.1) is 0 Å². The van der Waals surface area contributed by atoms with E-state index in [9.17, 15) is 0 Å². The number of anilines is 1. The highest BCUT2D eigenvalue weighted by atomic mass is 35.5. The minimum Gasteiger partial charge on any atom is -0.353 e. The van der Waals surface area contributed by atoms with Gasteiger partial charge in [-0.15, -0.1) is 11.3 Å². The van der Waals surface area contributed by atoms with Crippen molar-refractivity contribution in [2.75, 3.05) is 11.9 Å². The summed E-state index contributed by atoms with van der Waals surface area (Å²) in [5.41, 5.74) is 0.994. The Balaban J connectivity index is 1.57. The van der Waals surface area contributed by atoms with E-state index in [2.05, 4.69) is 20.2 Å². The highest BCUT2D eigenvalue weighted by Gasteiger charge is 2.20. The smallest absolute Gasteiger partial charge is 0.147 e. The van der Waals surface area contributed by atoms with Crippen molar-refractivity contribution in [3.05, 3.63) is 39.4 Å². The van der Waals surface area contributed by atoms with Gasteiger partial charge in [-0.25, -0.2) is 4.98 Å². The first kappa shape index (κ1) is 13.8. The lowest BCUT2D eigenvalue weighted by atomic mass is 10.4. The van der Waals surface area contributed by atoms with E-state index in [0.29, 0.717) is 6.04 Å². The summed E-state index contributed by atoms with van der Waals surface area (Å²) in [6, 6.07) is 4.67. The maximum absolute atomic E-state index is 5.94. The minimum atomic E-state index is 0.697. The maximum Gasteiger partial charge on any atom is 0.147 e. The second-order valence-electron chi connectivity index (χ2n) is 5.08. The third-order valence-corrected chi connectivity index (χ3v) is 4.47. The molecule has 2 aromatic rings. The third-order valence-electron chi connectivity index (χ3n) is 3.25. The summed E-state index contributed by atoms with van der Waals surface area (Å²) in [4.78, 5) is 12.2. The van der Waals surface area contributed by atoms with Crippen LogP contribution in [0.2, 0.25) is 4.34 Å². The van der Waals surface area contributed by atoms with Gasteiger partial charge in [0.1, 0.15) is 5.82 Å². The van der Waals surface area contributed by atoms with Gasteiger partial charge in [0.05, 0.1) is 29.0 Å².